The van der Waals surface area contributed by atoms with Crippen molar-refractivity contribution in [1.29, 1.82) is 0 Å². The highest BCUT2D eigenvalue weighted by atomic mass is 79.9. The van der Waals surface area contributed by atoms with Gasteiger partial charge in [0.1, 0.15) is 0 Å². The van der Waals surface area contributed by atoms with Gasteiger partial charge in [0.25, 0.3) is 0 Å². The maximum Gasteiger partial charge on any atom is 0.227 e. The molecule has 0 unspecified atom stereocenters. The average molecular weight is 339 g/mol. The summed E-state index contributed by atoms with van der Waals surface area (Å²) in [4.78, 5) is 12.3. The van der Waals surface area contributed by atoms with E-state index >= 15 is 0 Å². The van der Waals surface area contributed by atoms with Crippen molar-refractivity contribution >= 4 is 27.5 Å². The van der Waals surface area contributed by atoms with Crippen LogP contribution in [0.1, 0.15) is 37.7 Å². The van der Waals surface area contributed by atoms with Crippen LogP contribution in [0.5, 0.6) is 0 Å². The number of rotatable bonds is 4. The molecule has 0 bridgehead atoms. The number of carbonyl (C=O) groups is 1. The molecule has 20 heavy (non-hydrogen) atoms. The van der Waals surface area contributed by atoms with Crippen molar-refractivity contribution in [3.63, 3.8) is 0 Å². The summed E-state index contributed by atoms with van der Waals surface area (Å²) in [5.74, 6) is 1.05. The van der Waals surface area contributed by atoms with Crippen molar-refractivity contribution in [3.05, 3.63) is 28.2 Å². The SMILES string of the molecule is Cc1cc(NC(=O)C2CCC(CCN)CC2)ccc1Br. The monoisotopic (exact) mass is 338 g/mol. The second kappa shape index (κ2) is 7.23. The van der Waals surface area contributed by atoms with Gasteiger partial charge in [0, 0.05) is 16.1 Å². The second-order valence-electron chi connectivity index (χ2n) is 5.75. The molecule has 1 fully saturated rings. The van der Waals surface area contributed by atoms with Gasteiger partial charge in [-0.2, -0.15) is 0 Å². The molecule has 3 nitrogen and oxygen atoms in total. The first-order valence-electron chi connectivity index (χ1n) is 7.37. The fraction of sp³-hybridized carbons (Fsp3) is 0.562. The fourth-order valence-electron chi connectivity index (χ4n) is 2.92. The number of hydrogen-bond donors (Lipinski definition) is 2. The van der Waals surface area contributed by atoms with E-state index in [1.807, 2.05) is 25.1 Å². The molecule has 4 heteroatoms. The van der Waals surface area contributed by atoms with Crippen molar-refractivity contribution in [2.75, 3.05) is 11.9 Å². The number of nitrogens with one attached hydrogen (secondary N) is 1. The first kappa shape index (κ1) is 15.5. The second-order valence-corrected chi connectivity index (χ2v) is 6.60. The van der Waals surface area contributed by atoms with Crippen LogP contribution >= 0.6 is 15.9 Å². The molecule has 1 aliphatic carbocycles. The predicted molar refractivity (Wildman–Crippen MR) is 86.6 cm³/mol. The Morgan fingerprint density at radius 2 is 2.05 bits per heavy atom. The molecule has 1 aromatic carbocycles. The lowest BCUT2D eigenvalue weighted by atomic mass is 9.80. The Morgan fingerprint density at radius 3 is 2.65 bits per heavy atom. The minimum atomic E-state index is 0.160. The van der Waals surface area contributed by atoms with Gasteiger partial charge in [-0.25, -0.2) is 0 Å². The normalized spacial score (nSPS) is 22.6. The lowest BCUT2D eigenvalue weighted by molar-refractivity contribution is -0.121. The van der Waals surface area contributed by atoms with E-state index in [0.717, 1.165) is 60.3 Å². The molecule has 1 aromatic rings. The zero-order chi connectivity index (χ0) is 14.5. The van der Waals surface area contributed by atoms with Gasteiger partial charge in [-0.1, -0.05) is 15.9 Å². The average Bonchev–Trinajstić information content (AvgIpc) is 2.44. The van der Waals surface area contributed by atoms with Gasteiger partial charge in [0.2, 0.25) is 5.91 Å². The Balaban J connectivity index is 1.88. The highest BCUT2D eigenvalue weighted by molar-refractivity contribution is 9.10. The molecule has 0 aromatic heterocycles. The summed E-state index contributed by atoms with van der Waals surface area (Å²) < 4.78 is 1.07. The van der Waals surface area contributed by atoms with Crippen LogP contribution < -0.4 is 11.1 Å². The van der Waals surface area contributed by atoms with Gasteiger partial charge in [0.05, 0.1) is 0 Å². The molecule has 0 saturated heterocycles. The third kappa shape index (κ3) is 4.06. The van der Waals surface area contributed by atoms with Crippen molar-refractivity contribution in [3.8, 4) is 0 Å². The van der Waals surface area contributed by atoms with Crippen molar-refractivity contribution in [2.45, 2.75) is 39.0 Å². The first-order valence-corrected chi connectivity index (χ1v) is 8.16. The maximum absolute atomic E-state index is 12.3. The van der Waals surface area contributed by atoms with Crippen LogP contribution in [0.3, 0.4) is 0 Å². The Kier molecular flexibility index (Phi) is 5.61. The van der Waals surface area contributed by atoms with Crippen LogP contribution in [0, 0.1) is 18.8 Å². The van der Waals surface area contributed by atoms with Crippen LogP contribution in [-0.4, -0.2) is 12.5 Å². The van der Waals surface area contributed by atoms with Crippen LogP contribution in [0.25, 0.3) is 0 Å². The lowest BCUT2D eigenvalue weighted by Gasteiger charge is -2.27. The first-order chi connectivity index (χ1) is 9.60. The standard InChI is InChI=1S/C16H23BrN2O/c1-11-10-14(6-7-15(11)17)19-16(20)13-4-2-12(3-5-13)8-9-18/h6-7,10,12-13H,2-5,8-9,18H2,1H3,(H,19,20). The van der Waals surface area contributed by atoms with E-state index in [1.165, 1.54) is 0 Å². The maximum atomic E-state index is 12.3. The summed E-state index contributed by atoms with van der Waals surface area (Å²) in [6.45, 7) is 2.79. The Morgan fingerprint density at radius 1 is 1.35 bits per heavy atom. The molecule has 0 aliphatic heterocycles. The Hall–Kier alpha value is -0.870. The van der Waals surface area contributed by atoms with Gasteiger partial charge in [-0.05, 0) is 75.3 Å². The van der Waals surface area contributed by atoms with Gasteiger partial charge < -0.3 is 11.1 Å². The molecule has 110 valence electrons. The quantitative estimate of drug-likeness (QED) is 0.875. The molecule has 0 radical (unpaired) electrons. The number of aryl methyl sites for hydroxylation is 1. The molecule has 3 N–H and O–H groups in total. The molecule has 0 atom stereocenters. The van der Waals surface area contributed by atoms with Crippen LogP contribution in [0.15, 0.2) is 22.7 Å². The van der Waals surface area contributed by atoms with E-state index in [2.05, 4.69) is 21.2 Å². The Labute approximate surface area is 129 Å². The third-order valence-corrected chi connectivity index (χ3v) is 5.11. The van der Waals surface area contributed by atoms with Crippen LogP contribution in [0.4, 0.5) is 5.69 Å². The summed E-state index contributed by atoms with van der Waals surface area (Å²) in [6.07, 6.45) is 5.35. The van der Waals surface area contributed by atoms with E-state index in [1.54, 1.807) is 0 Å². The highest BCUT2D eigenvalue weighted by Gasteiger charge is 2.25. The summed E-state index contributed by atoms with van der Waals surface area (Å²) in [6, 6.07) is 5.92. The van der Waals surface area contributed by atoms with E-state index in [0.29, 0.717) is 0 Å². The van der Waals surface area contributed by atoms with Gasteiger partial charge >= 0.3 is 0 Å². The molecule has 0 spiro atoms. The number of hydrogen-bond acceptors (Lipinski definition) is 2. The lowest BCUT2D eigenvalue weighted by Crippen LogP contribution is -2.27. The van der Waals surface area contributed by atoms with Gasteiger partial charge in [-0.15, -0.1) is 0 Å². The summed E-state index contributed by atoms with van der Waals surface area (Å²) in [5, 5.41) is 3.04. The molecular formula is C16H23BrN2O. The smallest absolute Gasteiger partial charge is 0.227 e. The van der Waals surface area contributed by atoms with Crippen molar-refractivity contribution < 1.29 is 4.79 Å². The summed E-state index contributed by atoms with van der Waals surface area (Å²) in [7, 11) is 0. The number of halogens is 1. The zero-order valence-corrected chi connectivity index (χ0v) is 13.6. The van der Waals surface area contributed by atoms with E-state index < -0.39 is 0 Å². The largest absolute Gasteiger partial charge is 0.330 e. The third-order valence-electron chi connectivity index (χ3n) is 4.22. The van der Waals surface area contributed by atoms with Crippen LogP contribution in [-0.2, 0) is 4.79 Å². The number of anilines is 1. The molecule has 1 saturated carbocycles. The summed E-state index contributed by atoms with van der Waals surface area (Å²) in [5.41, 5.74) is 7.62. The Bertz CT molecular complexity index is 468. The molecular weight excluding hydrogens is 316 g/mol. The van der Waals surface area contributed by atoms with E-state index in [9.17, 15) is 4.79 Å². The van der Waals surface area contributed by atoms with Gasteiger partial charge in [-0.3, -0.25) is 4.79 Å². The number of nitrogens with two attached hydrogens (primary N) is 1. The molecule has 1 aliphatic rings. The predicted octanol–water partition coefficient (Wildman–Crippen LogP) is 3.85. The molecule has 0 heterocycles. The molecule has 1 amide bonds. The number of amides is 1. The number of carbonyl (C=O) groups excluding carboxylic acids is 1. The van der Waals surface area contributed by atoms with Crippen molar-refractivity contribution in [1.82, 2.24) is 0 Å². The van der Waals surface area contributed by atoms with E-state index in [-0.39, 0.29) is 11.8 Å². The highest BCUT2D eigenvalue weighted by Crippen LogP contribution is 2.31. The van der Waals surface area contributed by atoms with Crippen molar-refractivity contribution in [2.24, 2.45) is 17.6 Å². The van der Waals surface area contributed by atoms with Crippen LogP contribution in [0.2, 0.25) is 0 Å². The summed E-state index contributed by atoms with van der Waals surface area (Å²) >= 11 is 3.47. The zero-order valence-electron chi connectivity index (χ0n) is 12.0. The number of benzene rings is 1. The van der Waals surface area contributed by atoms with E-state index in [4.69, 9.17) is 5.73 Å². The molecule has 2 rings (SSSR count). The minimum absolute atomic E-state index is 0.160. The fourth-order valence-corrected chi connectivity index (χ4v) is 3.16. The van der Waals surface area contributed by atoms with Gasteiger partial charge in [0.15, 0.2) is 0 Å². The minimum Gasteiger partial charge on any atom is -0.330 e. The topological polar surface area (TPSA) is 55.1 Å².